The summed E-state index contributed by atoms with van der Waals surface area (Å²) in [5.41, 5.74) is 2.54. The van der Waals surface area contributed by atoms with Gasteiger partial charge in [-0.25, -0.2) is 0 Å². The fourth-order valence-electron chi connectivity index (χ4n) is 2.59. The van der Waals surface area contributed by atoms with Gasteiger partial charge in [-0.15, -0.1) is 0 Å². The molecule has 0 aromatic carbocycles. The second-order valence-corrected chi connectivity index (χ2v) is 5.77. The molecule has 1 fully saturated rings. The molecule has 1 N–H and O–H groups in total. The molecule has 1 aliphatic rings. The second kappa shape index (κ2) is 5.08. The van der Waals surface area contributed by atoms with Crippen LogP contribution in [-0.2, 0) is 18.2 Å². The van der Waals surface area contributed by atoms with E-state index in [9.17, 15) is 0 Å². The molecule has 0 bridgehead atoms. The number of halogens is 1. The quantitative estimate of drug-likeness (QED) is 0.919. The number of nitrogens with one attached hydrogen (secondary N) is 1. The Hall–Kier alpha value is -0.390. The molecule has 96 valence electrons. The zero-order valence-electron chi connectivity index (χ0n) is 10.7. The lowest BCUT2D eigenvalue weighted by Crippen LogP contribution is -2.35. The number of rotatable bonds is 4. The zero-order chi connectivity index (χ0) is 12.5. The molecule has 1 aliphatic heterocycles. The van der Waals surface area contributed by atoms with Gasteiger partial charge in [0, 0.05) is 25.6 Å². The van der Waals surface area contributed by atoms with Crippen LogP contribution in [0.15, 0.2) is 4.47 Å². The molecule has 2 rings (SSSR count). The summed E-state index contributed by atoms with van der Waals surface area (Å²) in [6.07, 6.45) is 2.12. The molecule has 0 amide bonds. The standard InChI is InChI=1S/C12H20BrN3O/c1-9-11(13)10(16(3)15-9)6-12(7-14-2)4-5-17-8-12/h14H,4-8H2,1-3H3. The van der Waals surface area contributed by atoms with Gasteiger partial charge in [-0.2, -0.15) is 5.10 Å². The summed E-state index contributed by atoms with van der Waals surface area (Å²) in [5, 5.41) is 7.74. The van der Waals surface area contributed by atoms with E-state index in [0.29, 0.717) is 0 Å². The molecule has 1 unspecified atom stereocenters. The van der Waals surface area contributed by atoms with Crippen LogP contribution in [0, 0.1) is 12.3 Å². The lowest BCUT2D eigenvalue weighted by Gasteiger charge is -2.27. The van der Waals surface area contributed by atoms with Crippen LogP contribution in [0.25, 0.3) is 0 Å². The van der Waals surface area contributed by atoms with Gasteiger partial charge in [0.25, 0.3) is 0 Å². The van der Waals surface area contributed by atoms with Crippen molar-refractivity contribution < 1.29 is 4.74 Å². The van der Waals surface area contributed by atoms with Crippen LogP contribution in [0.4, 0.5) is 0 Å². The Kier molecular flexibility index (Phi) is 3.90. The van der Waals surface area contributed by atoms with E-state index in [-0.39, 0.29) is 5.41 Å². The summed E-state index contributed by atoms with van der Waals surface area (Å²) in [6, 6.07) is 0. The van der Waals surface area contributed by atoms with E-state index in [1.165, 1.54) is 5.69 Å². The molecule has 2 heterocycles. The predicted octanol–water partition coefficient (Wildman–Crippen LogP) is 1.66. The summed E-state index contributed by atoms with van der Waals surface area (Å²) in [4.78, 5) is 0. The molecule has 1 aromatic heterocycles. The van der Waals surface area contributed by atoms with Gasteiger partial charge < -0.3 is 10.1 Å². The van der Waals surface area contributed by atoms with Gasteiger partial charge in [0.15, 0.2) is 0 Å². The topological polar surface area (TPSA) is 39.1 Å². The van der Waals surface area contributed by atoms with Gasteiger partial charge in [-0.05, 0) is 42.7 Å². The van der Waals surface area contributed by atoms with Gasteiger partial charge in [0.05, 0.1) is 22.5 Å². The highest BCUT2D eigenvalue weighted by atomic mass is 79.9. The molecule has 0 radical (unpaired) electrons. The number of aryl methyl sites for hydroxylation is 2. The number of nitrogens with zero attached hydrogens (tertiary/aromatic N) is 2. The van der Waals surface area contributed by atoms with Crippen molar-refractivity contribution in [2.24, 2.45) is 12.5 Å². The fourth-order valence-corrected chi connectivity index (χ4v) is 3.07. The monoisotopic (exact) mass is 301 g/mol. The Bertz CT molecular complexity index is 397. The summed E-state index contributed by atoms with van der Waals surface area (Å²) < 4.78 is 8.71. The van der Waals surface area contributed by atoms with Crippen LogP contribution in [0.2, 0.25) is 0 Å². The molecule has 1 saturated heterocycles. The van der Waals surface area contributed by atoms with E-state index < -0.39 is 0 Å². The molecule has 1 aromatic rings. The van der Waals surface area contributed by atoms with Gasteiger partial charge in [0.1, 0.15) is 0 Å². The van der Waals surface area contributed by atoms with Crippen molar-refractivity contribution in [3.05, 3.63) is 15.9 Å². The largest absolute Gasteiger partial charge is 0.381 e. The minimum absolute atomic E-state index is 0.220. The Labute approximate surface area is 111 Å². The van der Waals surface area contributed by atoms with E-state index in [2.05, 4.69) is 26.3 Å². The van der Waals surface area contributed by atoms with Crippen LogP contribution in [0.3, 0.4) is 0 Å². The highest BCUT2D eigenvalue weighted by Gasteiger charge is 2.36. The lowest BCUT2D eigenvalue weighted by molar-refractivity contribution is 0.149. The minimum Gasteiger partial charge on any atom is -0.381 e. The van der Waals surface area contributed by atoms with Gasteiger partial charge in [-0.3, -0.25) is 4.68 Å². The minimum atomic E-state index is 0.220. The van der Waals surface area contributed by atoms with Crippen LogP contribution in [0.1, 0.15) is 17.8 Å². The maximum absolute atomic E-state index is 5.59. The number of hydrogen-bond acceptors (Lipinski definition) is 3. The first-order valence-electron chi connectivity index (χ1n) is 5.98. The fraction of sp³-hybridized carbons (Fsp3) is 0.750. The molecule has 17 heavy (non-hydrogen) atoms. The van der Waals surface area contributed by atoms with E-state index in [0.717, 1.165) is 42.8 Å². The number of hydrogen-bond donors (Lipinski definition) is 1. The van der Waals surface area contributed by atoms with Gasteiger partial charge in [0.2, 0.25) is 0 Å². The second-order valence-electron chi connectivity index (χ2n) is 4.98. The van der Waals surface area contributed by atoms with Crippen molar-refractivity contribution in [3.63, 3.8) is 0 Å². The van der Waals surface area contributed by atoms with Crippen LogP contribution in [-0.4, -0.2) is 36.6 Å². The Morgan fingerprint density at radius 3 is 2.82 bits per heavy atom. The molecule has 0 spiro atoms. The Morgan fingerprint density at radius 1 is 1.59 bits per heavy atom. The average Bonchev–Trinajstić information content (AvgIpc) is 2.82. The highest BCUT2D eigenvalue weighted by molar-refractivity contribution is 9.10. The normalized spacial score (nSPS) is 24.5. The summed E-state index contributed by atoms with van der Waals surface area (Å²) in [6.45, 7) is 4.73. The molecular weight excluding hydrogens is 282 g/mol. The van der Waals surface area contributed by atoms with Crippen LogP contribution in [0.5, 0.6) is 0 Å². The van der Waals surface area contributed by atoms with Crippen LogP contribution < -0.4 is 5.32 Å². The highest BCUT2D eigenvalue weighted by Crippen LogP contribution is 2.34. The van der Waals surface area contributed by atoms with E-state index in [4.69, 9.17) is 4.74 Å². The van der Waals surface area contributed by atoms with Crippen molar-refractivity contribution in [3.8, 4) is 0 Å². The van der Waals surface area contributed by atoms with Crippen molar-refractivity contribution in [2.75, 3.05) is 26.8 Å². The third kappa shape index (κ3) is 2.56. The molecule has 0 aliphatic carbocycles. The SMILES string of the molecule is CNCC1(Cc2c(Br)c(C)nn2C)CCOC1. The first-order valence-corrected chi connectivity index (χ1v) is 6.78. The molecule has 4 nitrogen and oxygen atoms in total. The maximum atomic E-state index is 5.59. The third-order valence-electron chi connectivity index (χ3n) is 3.54. The van der Waals surface area contributed by atoms with E-state index >= 15 is 0 Å². The van der Waals surface area contributed by atoms with Gasteiger partial charge in [-0.1, -0.05) is 0 Å². The first-order chi connectivity index (χ1) is 8.08. The third-order valence-corrected chi connectivity index (χ3v) is 4.57. The van der Waals surface area contributed by atoms with Crippen molar-refractivity contribution in [1.82, 2.24) is 15.1 Å². The molecule has 0 saturated carbocycles. The first kappa shape index (κ1) is 13.1. The van der Waals surface area contributed by atoms with E-state index in [1.807, 2.05) is 25.7 Å². The Morgan fingerprint density at radius 2 is 2.35 bits per heavy atom. The summed E-state index contributed by atoms with van der Waals surface area (Å²) in [7, 11) is 4.01. The van der Waals surface area contributed by atoms with E-state index in [1.54, 1.807) is 0 Å². The lowest BCUT2D eigenvalue weighted by atomic mass is 9.82. The summed E-state index contributed by atoms with van der Waals surface area (Å²) in [5.74, 6) is 0. The van der Waals surface area contributed by atoms with Crippen LogP contribution >= 0.6 is 15.9 Å². The van der Waals surface area contributed by atoms with Crippen molar-refractivity contribution in [2.45, 2.75) is 19.8 Å². The predicted molar refractivity (Wildman–Crippen MR) is 71.1 cm³/mol. The van der Waals surface area contributed by atoms with Gasteiger partial charge >= 0.3 is 0 Å². The summed E-state index contributed by atoms with van der Waals surface area (Å²) >= 11 is 3.64. The number of ether oxygens (including phenoxy) is 1. The Balaban J connectivity index is 2.23. The maximum Gasteiger partial charge on any atom is 0.0738 e. The number of aromatic nitrogens is 2. The average molecular weight is 302 g/mol. The molecular formula is C12H20BrN3O. The smallest absolute Gasteiger partial charge is 0.0738 e. The zero-order valence-corrected chi connectivity index (χ0v) is 12.3. The van der Waals surface area contributed by atoms with Crippen molar-refractivity contribution >= 4 is 15.9 Å². The van der Waals surface area contributed by atoms with Crippen molar-refractivity contribution in [1.29, 1.82) is 0 Å². The molecule has 1 atom stereocenters. The molecule has 5 heteroatoms.